The first-order chi connectivity index (χ1) is 6.22. The predicted octanol–water partition coefficient (Wildman–Crippen LogP) is 3.34. The summed E-state index contributed by atoms with van der Waals surface area (Å²) < 4.78 is 1.14. The fraction of sp³-hybridized carbons (Fsp3) is 0.455. The molecule has 2 heteroatoms. The molecule has 0 amide bonds. The average molecular weight is 242 g/mol. The quantitative estimate of drug-likeness (QED) is 0.853. The Labute approximate surface area is 88.7 Å². The number of hydrogen-bond donors (Lipinski definition) is 1. The van der Waals surface area contributed by atoms with Gasteiger partial charge in [-0.15, -0.1) is 0 Å². The molecular formula is C11H16BrN. The van der Waals surface area contributed by atoms with Crippen molar-refractivity contribution in [3.05, 3.63) is 34.3 Å². The van der Waals surface area contributed by atoms with Crippen molar-refractivity contribution in [2.45, 2.75) is 32.9 Å². The molecule has 1 nitrogen and oxygen atoms in total. The maximum absolute atomic E-state index is 3.45. The van der Waals surface area contributed by atoms with Crippen LogP contribution < -0.4 is 5.32 Å². The topological polar surface area (TPSA) is 12.0 Å². The Kier molecular flexibility index (Phi) is 4.46. The fourth-order valence-corrected chi connectivity index (χ4v) is 1.30. The molecule has 1 atom stereocenters. The molecule has 1 aromatic rings. The van der Waals surface area contributed by atoms with Crippen LogP contribution in [0.3, 0.4) is 0 Å². The highest BCUT2D eigenvalue weighted by Gasteiger charge is 1.97. The van der Waals surface area contributed by atoms with Crippen LogP contribution in [-0.4, -0.2) is 6.04 Å². The lowest BCUT2D eigenvalue weighted by Crippen LogP contribution is -2.24. The summed E-state index contributed by atoms with van der Waals surface area (Å²) in [6.45, 7) is 5.36. The molecule has 1 aromatic carbocycles. The van der Waals surface area contributed by atoms with E-state index in [1.54, 1.807) is 0 Å². The Hall–Kier alpha value is -0.340. The lowest BCUT2D eigenvalue weighted by molar-refractivity contribution is 0.534. The molecule has 0 radical (unpaired) electrons. The van der Waals surface area contributed by atoms with Crippen molar-refractivity contribution < 1.29 is 0 Å². The molecule has 0 fully saturated rings. The predicted molar refractivity (Wildman–Crippen MR) is 60.7 cm³/mol. The molecule has 1 rings (SSSR count). The molecule has 0 saturated heterocycles. The maximum Gasteiger partial charge on any atom is 0.0207 e. The molecule has 0 aliphatic carbocycles. The van der Waals surface area contributed by atoms with E-state index in [1.165, 1.54) is 12.0 Å². The van der Waals surface area contributed by atoms with Gasteiger partial charge in [-0.1, -0.05) is 35.0 Å². The smallest absolute Gasteiger partial charge is 0.0207 e. The molecular weight excluding hydrogens is 226 g/mol. The molecule has 1 N–H and O–H groups in total. The minimum atomic E-state index is 0.601. The highest BCUT2D eigenvalue weighted by atomic mass is 79.9. The summed E-state index contributed by atoms with van der Waals surface area (Å²) >= 11 is 3.42. The summed E-state index contributed by atoms with van der Waals surface area (Å²) in [4.78, 5) is 0. The minimum absolute atomic E-state index is 0.601. The van der Waals surface area contributed by atoms with Crippen LogP contribution in [0.1, 0.15) is 25.8 Å². The third-order valence-corrected chi connectivity index (χ3v) is 2.71. The van der Waals surface area contributed by atoms with Gasteiger partial charge in [0, 0.05) is 17.1 Å². The molecule has 0 bridgehead atoms. The third-order valence-electron chi connectivity index (χ3n) is 2.18. The monoisotopic (exact) mass is 241 g/mol. The van der Waals surface area contributed by atoms with Crippen molar-refractivity contribution >= 4 is 15.9 Å². The summed E-state index contributed by atoms with van der Waals surface area (Å²) in [7, 11) is 0. The first kappa shape index (κ1) is 10.7. The van der Waals surface area contributed by atoms with Crippen LogP contribution in [0.25, 0.3) is 0 Å². The van der Waals surface area contributed by atoms with Crippen molar-refractivity contribution in [2.75, 3.05) is 0 Å². The van der Waals surface area contributed by atoms with Crippen molar-refractivity contribution in [3.8, 4) is 0 Å². The van der Waals surface area contributed by atoms with Crippen molar-refractivity contribution in [3.63, 3.8) is 0 Å². The van der Waals surface area contributed by atoms with Gasteiger partial charge in [-0.3, -0.25) is 0 Å². The van der Waals surface area contributed by atoms with Crippen molar-refractivity contribution in [1.29, 1.82) is 0 Å². The SMILES string of the molecule is CC[C@H](C)NCc1ccc(Br)cc1. The highest BCUT2D eigenvalue weighted by molar-refractivity contribution is 9.10. The van der Waals surface area contributed by atoms with Gasteiger partial charge in [0.05, 0.1) is 0 Å². The van der Waals surface area contributed by atoms with Gasteiger partial charge in [-0.25, -0.2) is 0 Å². The zero-order valence-electron chi connectivity index (χ0n) is 8.18. The largest absolute Gasteiger partial charge is 0.310 e. The molecule has 0 heterocycles. The normalized spacial score (nSPS) is 12.8. The zero-order valence-corrected chi connectivity index (χ0v) is 9.76. The summed E-state index contributed by atoms with van der Waals surface area (Å²) in [5.41, 5.74) is 1.34. The summed E-state index contributed by atoms with van der Waals surface area (Å²) in [5, 5.41) is 3.45. The molecule has 0 spiro atoms. The van der Waals surface area contributed by atoms with Crippen LogP contribution in [0.2, 0.25) is 0 Å². The van der Waals surface area contributed by atoms with Crippen LogP contribution in [0, 0.1) is 0 Å². The zero-order chi connectivity index (χ0) is 9.68. The van der Waals surface area contributed by atoms with Crippen LogP contribution >= 0.6 is 15.9 Å². The van der Waals surface area contributed by atoms with E-state index in [4.69, 9.17) is 0 Å². The standard InChI is InChI=1S/C11H16BrN/c1-3-9(2)13-8-10-4-6-11(12)7-5-10/h4-7,9,13H,3,8H2,1-2H3/t9-/m0/s1. The second-order valence-electron chi connectivity index (χ2n) is 3.32. The Morgan fingerprint density at radius 3 is 2.46 bits per heavy atom. The van der Waals surface area contributed by atoms with E-state index in [-0.39, 0.29) is 0 Å². The van der Waals surface area contributed by atoms with Gasteiger partial charge in [-0.2, -0.15) is 0 Å². The number of benzene rings is 1. The second-order valence-corrected chi connectivity index (χ2v) is 4.23. The number of nitrogens with one attached hydrogen (secondary N) is 1. The van der Waals surface area contributed by atoms with E-state index in [0.29, 0.717) is 6.04 Å². The fourth-order valence-electron chi connectivity index (χ4n) is 1.04. The Morgan fingerprint density at radius 2 is 1.92 bits per heavy atom. The maximum atomic E-state index is 3.45. The summed E-state index contributed by atoms with van der Waals surface area (Å²) in [5.74, 6) is 0. The Balaban J connectivity index is 2.41. The number of halogens is 1. The van der Waals surface area contributed by atoms with Crippen LogP contribution in [-0.2, 0) is 6.54 Å². The lowest BCUT2D eigenvalue weighted by atomic mass is 10.2. The first-order valence-corrected chi connectivity index (χ1v) is 5.49. The second kappa shape index (κ2) is 5.40. The molecule has 0 aromatic heterocycles. The van der Waals surface area contributed by atoms with Gasteiger partial charge in [0.2, 0.25) is 0 Å². The molecule has 13 heavy (non-hydrogen) atoms. The summed E-state index contributed by atoms with van der Waals surface area (Å²) in [6, 6.07) is 9.03. The van der Waals surface area contributed by atoms with Crippen LogP contribution in [0.5, 0.6) is 0 Å². The highest BCUT2D eigenvalue weighted by Crippen LogP contribution is 2.10. The Bertz CT molecular complexity index is 243. The van der Waals surface area contributed by atoms with E-state index in [0.717, 1.165) is 11.0 Å². The molecule has 0 aliphatic rings. The van der Waals surface area contributed by atoms with E-state index >= 15 is 0 Å². The van der Waals surface area contributed by atoms with E-state index in [9.17, 15) is 0 Å². The average Bonchev–Trinajstić information content (AvgIpc) is 2.16. The van der Waals surface area contributed by atoms with Gasteiger partial charge in [0.25, 0.3) is 0 Å². The van der Waals surface area contributed by atoms with Gasteiger partial charge in [-0.05, 0) is 31.0 Å². The van der Waals surface area contributed by atoms with Gasteiger partial charge in [0.15, 0.2) is 0 Å². The van der Waals surface area contributed by atoms with Gasteiger partial charge >= 0.3 is 0 Å². The first-order valence-electron chi connectivity index (χ1n) is 4.70. The molecule has 72 valence electrons. The van der Waals surface area contributed by atoms with Gasteiger partial charge in [0.1, 0.15) is 0 Å². The van der Waals surface area contributed by atoms with Crippen molar-refractivity contribution in [1.82, 2.24) is 5.32 Å². The number of rotatable bonds is 4. The third kappa shape index (κ3) is 3.92. The molecule has 0 saturated carbocycles. The van der Waals surface area contributed by atoms with E-state index < -0.39 is 0 Å². The van der Waals surface area contributed by atoms with Crippen LogP contribution in [0.15, 0.2) is 28.7 Å². The Morgan fingerprint density at radius 1 is 1.31 bits per heavy atom. The molecule has 0 unspecified atom stereocenters. The van der Waals surface area contributed by atoms with E-state index in [2.05, 4.69) is 59.4 Å². The van der Waals surface area contributed by atoms with Crippen molar-refractivity contribution in [2.24, 2.45) is 0 Å². The summed E-state index contributed by atoms with van der Waals surface area (Å²) in [6.07, 6.45) is 1.18. The van der Waals surface area contributed by atoms with Gasteiger partial charge < -0.3 is 5.32 Å². The van der Waals surface area contributed by atoms with E-state index in [1.807, 2.05) is 0 Å². The number of hydrogen-bond acceptors (Lipinski definition) is 1. The minimum Gasteiger partial charge on any atom is -0.310 e. The molecule has 0 aliphatic heterocycles. The van der Waals surface area contributed by atoms with Crippen LogP contribution in [0.4, 0.5) is 0 Å². The lowest BCUT2D eigenvalue weighted by Gasteiger charge is -2.10.